The van der Waals surface area contributed by atoms with E-state index in [1.807, 2.05) is 29.2 Å². The van der Waals surface area contributed by atoms with Crippen molar-refractivity contribution in [1.82, 2.24) is 15.0 Å². The summed E-state index contributed by atoms with van der Waals surface area (Å²) in [5, 5.41) is 4.03. The molecule has 5 nitrogen and oxygen atoms in total. The monoisotopic (exact) mass is 341 g/mol. The van der Waals surface area contributed by atoms with Gasteiger partial charge in [0.05, 0.1) is 18.6 Å². The SMILES string of the molecule is CC1(F)CN(c2nc(NCc3ccc(F)nc3)nc3ccccc23)C1. The van der Waals surface area contributed by atoms with E-state index in [4.69, 9.17) is 0 Å². The third-order valence-electron chi connectivity index (χ3n) is 4.16. The summed E-state index contributed by atoms with van der Waals surface area (Å²) in [5.41, 5.74) is 0.430. The number of rotatable bonds is 4. The Labute approximate surface area is 143 Å². The number of aromatic nitrogens is 3. The number of benzene rings is 1. The molecule has 0 atom stereocenters. The van der Waals surface area contributed by atoms with Gasteiger partial charge in [-0.05, 0) is 30.7 Å². The van der Waals surface area contributed by atoms with E-state index in [0.717, 1.165) is 22.3 Å². The molecule has 128 valence electrons. The van der Waals surface area contributed by atoms with Crippen molar-refractivity contribution in [2.45, 2.75) is 19.1 Å². The minimum absolute atomic E-state index is 0.315. The number of nitrogens with zero attached hydrogens (tertiary/aromatic N) is 4. The largest absolute Gasteiger partial charge is 0.350 e. The van der Waals surface area contributed by atoms with E-state index in [1.165, 1.54) is 12.3 Å². The van der Waals surface area contributed by atoms with Crippen molar-refractivity contribution >= 4 is 22.7 Å². The summed E-state index contributed by atoms with van der Waals surface area (Å²) < 4.78 is 26.8. The van der Waals surface area contributed by atoms with Gasteiger partial charge < -0.3 is 10.2 Å². The summed E-state index contributed by atoms with van der Waals surface area (Å²) in [7, 11) is 0. The molecule has 1 aromatic carbocycles. The summed E-state index contributed by atoms with van der Waals surface area (Å²) in [6, 6.07) is 10.6. The van der Waals surface area contributed by atoms with Gasteiger partial charge in [-0.2, -0.15) is 9.37 Å². The molecule has 1 aliphatic rings. The smallest absolute Gasteiger partial charge is 0.225 e. The maximum atomic E-state index is 13.9. The van der Waals surface area contributed by atoms with E-state index in [0.29, 0.717) is 25.6 Å². The molecule has 3 heterocycles. The molecule has 0 aliphatic carbocycles. The number of hydrogen-bond donors (Lipinski definition) is 1. The molecule has 1 fully saturated rings. The van der Waals surface area contributed by atoms with E-state index in [9.17, 15) is 8.78 Å². The van der Waals surface area contributed by atoms with Crippen molar-refractivity contribution in [3.63, 3.8) is 0 Å². The molecule has 0 spiro atoms. The van der Waals surface area contributed by atoms with E-state index >= 15 is 0 Å². The van der Waals surface area contributed by atoms with E-state index in [1.54, 1.807) is 13.0 Å². The Morgan fingerprint density at radius 2 is 1.96 bits per heavy atom. The number of nitrogens with one attached hydrogen (secondary N) is 1. The first-order valence-electron chi connectivity index (χ1n) is 8.05. The highest BCUT2D eigenvalue weighted by atomic mass is 19.1. The Bertz CT molecular complexity index is 903. The Morgan fingerprint density at radius 1 is 1.16 bits per heavy atom. The van der Waals surface area contributed by atoms with Crippen molar-refractivity contribution in [3.05, 3.63) is 54.1 Å². The fourth-order valence-corrected chi connectivity index (χ4v) is 2.97. The van der Waals surface area contributed by atoms with Crippen LogP contribution in [0.2, 0.25) is 0 Å². The number of fused-ring (bicyclic) bond motifs is 1. The molecular formula is C18H17F2N5. The van der Waals surface area contributed by atoms with Crippen LogP contribution in [-0.4, -0.2) is 33.7 Å². The third kappa shape index (κ3) is 3.22. The zero-order chi connectivity index (χ0) is 17.4. The Hall–Kier alpha value is -2.83. The van der Waals surface area contributed by atoms with Gasteiger partial charge in [-0.25, -0.2) is 14.4 Å². The van der Waals surface area contributed by atoms with Crippen LogP contribution in [-0.2, 0) is 6.54 Å². The molecule has 1 aliphatic heterocycles. The number of anilines is 2. The molecule has 0 saturated carbocycles. The summed E-state index contributed by atoms with van der Waals surface area (Å²) in [4.78, 5) is 14.6. The Kier molecular flexibility index (Phi) is 3.71. The van der Waals surface area contributed by atoms with Gasteiger partial charge in [-0.15, -0.1) is 0 Å². The summed E-state index contributed by atoms with van der Waals surface area (Å²) in [6.07, 6.45) is 1.47. The van der Waals surface area contributed by atoms with Crippen molar-refractivity contribution < 1.29 is 8.78 Å². The lowest BCUT2D eigenvalue weighted by molar-refractivity contribution is 0.144. The molecule has 4 rings (SSSR count). The van der Waals surface area contributed by atoms with Crippen molar-refractivity contribution in [1.29, 1.82) is 0 Å². The summed E-state index contributed by atoms with van der Waals surface area (Å²) in [6.45, 7) is 2.64. The fraction of sp³-hybridized carbons (Fsp3) is 0.278. The van der Waals surface area contributed by atoms with Crippen LogP contribution in [0.4, 0.5) is 20.5 Å². The first-order chi connectivity index (χ1) is 12.0. The van der Waals surface area contributed by atoms with Gasteiger partial charge in [0.1, 0.15) is 11.5 Å². The average Bonchev–Trinajstić information content (AvgIpc) is 2.58. The molecule has 0 amide bonds. The van der Waals surface area contributed by atoms with Crippen molar-refractivity contribution in [3.8, 4) is 0 Å². The first-order valence-corrected chi connectivity index (χ1v) is 8.05. The van der Waals surface area contributed by atoms with Crippen LogP contribution in [0.5, 0.6) is 0 Å². The molecular weight excluding hydrogens is 324 g/mol. The lowest BCUT2D eigenvalue weighted by Gasteiger charge is -2.43. The highest BCUT2D eigenvalue weighted by molar-refractivity contribution is 5.91. The minimum atomic E-state index is -1.18. The van der Waals surface area contributed by atoms with Crippen LogP contribution < -0.4 is 10.2 Å². The topological polar surface area (TPSA) is 53.9 Å². The first kappa shape index (κ1) is 15.7. The highest BCUT2D eigenvalue weighted by Crippen LogP contribution is 2.33. The highest BCUT2D eigenvalue weighted by Gasteiger charge is 2.40. The van der Waals surface area contributed by atoms with Gasteiger partial charge in [0.25, 0.3) is 0 Å². The van der Waals surface area contributed by atoms with E-state index in [2.05, 4.69) is 20.3 Å². The maximum absolute atomic E-state index is 13.9. The fourth-order valence-electron chi connectivity index (χ4n) is 2.97. The number of halogens is 2. The molecule has 1 saturated heterocycles. The number of pyridine rings is 1. The predicted molar refractivity (Wildman–Crippen MR) is 92.8 cm³/mol. The number of para-hydroxylation sites is 1. The standard InChI is InChI=1S/C18H17F2N5/c1-18(20)10-25(11-18)16-13-4-2-3-5-14(13)23-17(24-16)22-9-12-6-7-15(19)21-8-12/h2-8H,9-11H2,1H3,(H,22,23,24). The maximum Gasteiger partial charge on any atom is 0.225 e. The molecule has 0 radical (unpaired) electrons. The van der Waals surface area contributed by atoms with Gasteiger partial charge in [-0.1, -0.05) is 18.2 Å². The van der Waals surface area contributed by atoms with Crippen LogP contribution in [0, 0.1) is 5.95 Å². The van der Waals surface area contributed by atoms with Crippen LogP contribution in [0.3, 0.4) is 0 Å². The zero-order valence-electron chi connectivity index (χ0n) is 13.7. The lowest BCUT2D eigenvalue weighted by Crippen LogP contribution is -2.57. The molecule has 2 aromatic heterocycles. The molecule has 0 unspecified atom stereocenters. The molecule has 1 N–H and O–H groups in total. The third-order valence-corrected chi connectivity index (χ3v) is 4.16. The van der Waals surface area contributed by atoms with Crippen molar-refractivity contribution in [2.75, 3.05) is 23.3 Å². The molecule has 0 bridgehead atoms. The average molecular weight is 341 g/mol. The quantitative estimate of drug-likeness (QED) is 0.738. The number of hydrogen-bond acceptors (Lipinski definition) is 5. The van der Waals surface area contributed by atoms with Gasteiger partial charge in [0.15, 0.2) is 0 Å². The van der Waals surface area contributed by atoms with Gasteiger partial charge in [-0.3, -0.25) is 0 Å². The normalized spacial score (nSPS) is 15.9. The lowest BCUT2D eigenvalue weighted by atomic mass is 9.98. The van der Waals surface area contributed by atoms with Gasteiger partial charge >= 0.3 is 0 Å². The molecule has 25 heavy (non-hydrogen) atoms. The van der Waals surface area contributed by atoms with E-state index < -0.39 is 11.6 Å². The Balaban J connectivity index is 1.62. The molecule has 3 aromatic rings. The second-order valence-electron chi connectivity index (χ2n) is 6.50. The zero-order valence-corrected chi connectivity index (χ0v) is 13.7. The van der Waals surface area contributed by atoms with Gasteiger partial charge in [0.2, 0.25) is 11.9 Å². The second kappa shape index (κ2) is 5.91. The second-order valence-corrected chi connectivity index (χ2v) is 6.50. The summed E-state index contributed by atoms with van der Waals surface area (Å²) >= 11 is 0. The van der Waals surface area contributed by atoms with Crippen LogP contribution in [0.25, 0.3) is 10.9 Å². The van der Waals surface area contributed by atoms with Crippen LogP contribution in [0.15, 0.2) is 42.6 Å². The van der Waals surface area contributed by atoms with Crippen LogP contribution in [0.1, 0.15) is 12.5 Å². The summed E-state index contributed by atoms with van der Waals surface area (Å²) in [5.74, 6) is 0.658. The van der Waals surface area contributed by atoms with Crippen LogP contribution >= 0.6 is 0 Å². The predicted octanol–water partition coefficient (Wildman–Crippen LogP) is 3.32. The molecule has 7 heteroatoms. The number of alkyl halides is 1. The van der Waals surface area contributed by atoms with Crippen molar-refractivity contribution in [2.24, 2.45) is 0 Å². The Morgan fingerprint density at radius 3 is 2.68 bits per heavy atom. The van der Waals surface area contributed by atoms with E-state index in [-0.39, 0.29) is 0 Å². The minimum Gasteiger partial charge on any atom is -0.350 e. The van der Waals surface area contributed by atoms with Gasteiger partial charge in [0, 0.05) is 18.1 Å².